The highest BCUT2D eigenvalue weighted by molar-refractivity contribution is 4.77. The summed E-state index contributed by atoms with van der Waals surface area (Å²) in [7, 11) is 0. The monoisotopic (exact) mass is 168 g/mol. The van der Waals surface area contributed by atoms with E-state index in [2.05, 4.69) is 20.8 Å². The Kier molecular flexibility index (Phi) is 4.11. The van der Waals surface area contributed by atoms with Gasteiger partial charge < -0.3 is 0 Å². The minimum absolute atomic E-state index is 0.954. The molecule has 0 spiro atoms. The molecule has 0 bridgehead atoms. The van der Waals surface area contributed by atoms with Gasteiger partial charge in [0, 0.05) is 0 Å². The quantitative estimate of drug-likeness (QED) is 0.575. The van der Waals surface area contributed by atoms with Crippen molar-refractivity contribution in [2.24, 2.45) is 17.8 Å². The number of hydrogen-bond donors (Lipinski definition) is 0. The first-order valence-corrected chi connectivity index (χ1v) is 5.77. The van der Waals surface area contributed by atoms with Crippen molar-refractivity contribution in [2.45, 2.75) is 59.3 Å². The molecule has 2 atom stereocenters. The Morgan fingerprint density at radius 2 is 1.83 bits per heavy atom. The maximum Gasteiger partial charge on any atom is -0.0386 e. The van der Waals surface area contributed by atoms with Gasteiger partial charge in [0.15, 0.2) is 0 Å². The molecule has 1 saturated carbocycles. The van der Waals surface area contributed by atoms with Crippen LogP contribution in [0.1, 0.15) is 59.3 Å². The van der Waals surface area contributed by atoms with Crippen LogP contribution in [0.4, 0.5) is 0 Å². The fourth-order valence-electron chi connectivity index (χ4n) is 2.29. The lowest BCUT2D eigenvalue weighted by Gasteiger charge is -2.34. The number of rotatable bonds is 5. The molecule has 0 aromatic heterocycles. The number of hydrogen-bond acceptors (Lipinski definition) is 0. The maximum atomic E-state index is 2.40. The molecule has 1 rings (SSSR count). The average molecular weight is 168 g/mol. The summed E-state index contributed by atoms with van der Waals surface area (Å²) in [6.45, 7) is 7.09. The fourth-order valence-corrected chi connectivity index (χ4v) is 2.29. The average Bonchev–Trinajstić information content (AvgIpc) is 1.99. The van der Waals surface area contributed by atoms with Crippen molar-refractivity contribution in [1.82, 2.24) is 0 Å². The Hall–Kier alpha value is 0. The molecule has 0 heteroatoms. The molecular weight excluding hydrogens is 144 g/mol. The van der Waals surface area contributed by atoms with E-state index < -0.39 is 0 Å². The van der Waals surface area contributed by atoms with Crippen molar-refractivity contribution in [2.75, 3.05) is 0 Å². The molecule has 0 aromatic carbocycles. The van der Waals surface area contributed by atoms with E-state index in [1.807, 2.05) is 0 Å². The molecule has 0 amide bonds. The topological polar surface area (TPSA) is 0 Å². The van der Waals surface area contributed by atoms with E-state index in [0.717, 1.165) is 17.8 Å². The van der Waals surface area contributed by atoms with Gasteiger partial charge in [-0.1, -0.05) is 52.9 Å². The van der Waals surface area contributed by atoms with Gasteiger partial charge in [0.2, 0.25) is 0 Å². The zero-order valence-corrected chi connectivity index (χ0v) is 8.97. The van der Waals surface area contributed by atoms with Gasteiger partial charge in [0.05, 0.1) is 0 Å². The Balaban J connectivity index is 2.24. The van der Waals surface area contributed by atoms with E-state index in [-0.39, 0.29) is 0 Å². The van der Waals surface area contributed by atoms with Crippen LogP contribution in [0.25, 0.3) is 0 Å². The molecule has 0 saturated heterocycles. The second-order valence-corrected chi connectivity index (χ2v) is 4.61. The van der Waals surface area contributed by atoms with Gasteiger partial charge >= 0.3 is 0 Å². The Morgan fingerprint density at radius 1 is 1.17 bits per heavy atom. The predicted octanol–water partition coefficient (Wildman–Crippen LogP) is 4.25. The summed E-state index contributed by atoms with van der Waals surface area (Å²) in [5.41, 5.74) is 0. The fraction of sp³-hybridized carbons (Fsp3) is 1.00. The van der Waals surface area contributed by atoms with Crippen molar-refractivity contribution >= 4 is 0 Å². The largest absolute Gasteiger partial charge is 0.0651 e. The van der Waals surface area contributed by atoms with Crippen LogP contribution in [0.2, 0.25) is 0 Å². The molecule has 2 unspecified atom stereocenters. The normalized spacial score (nSPS) is 23.2. The third-order valence-electron chi connectivity index (χ3n) is 3.74. The van der Waals surface area contributed by atoms with Gasteiger partial charge in [-0.15, -0.1) is 0 Å². The van der Waals surface area contributed by atoms with Crippen molar-refractivity contribution in [3.63, 3.8) is 0 Å². The van der Waals surface area contributed by atoms with Gasteiger partial charge in [-0.05, 0) is 24.2 Å². The lowest BCUT2D eigenvalue weighted by Crippen LogP contribution is -2.23. The van der Waals surface area contributed by atoms with Crippen LogP contribution in [0.3, 0.4) is 0 Å². The highest BCUT2D eigenvalue weighted by atomic mass is 14.3. The van der Waals surface area contributed by atoms with Crippen LogP contribution in [-0.4, -0.2) is 0 Å². The lowest BCUT2D eigenvalue weighted by atomic mass is 9.71. The SMILES string of the molecule is CCC(C)CC(CC)C1CCC1. The van der Waals surface area contributed by atoms with E-state index >= 15 is 0 Å². The van der Waals surface area contributed by atoms with Crippen molar-refractivity contribution < 1.29 is 0 Å². The highest BCUT2D eigenvalue weighted by Crippen LogP contribution is 2.38. The minimum Gasteiger partial charge on any atom is -0.0651 e. The first-order chi connectivity index (χ1) is 5.77. The van der Waals surface area contributed by atoms with E-state index in [9.17, 15) is 0 Å². The van der Waals surface area contributed by atoms with Crippen LogP contribution in [-0.2, 0) is 0 Å². The van der Waals surface area contributed by atoms with Crippen molar-refractivity contribution in [1.29, 1.82) is 0 Å². The summed E-state index contributed by atoms with van der Waals surface area (Å²) in [5.74, 6) is 3.10. The van der Waals surface area contributed by atoms with Gasteiger partial charge in [0.1, 0.15) is 0 Å². The molecule has 1 aliphatic rings. The molecule has 0 N–H and O–H groups in total. The molecule has 0 nitrogen and oxygen atoms in total. The molecule has 12 heavy (non-hydrogen) atoms. The summed E-state index contributed by atoms with van der Waals surface area (Å²) in [6, 6.07) is 0. The van der Waals surface area contributed by atoms with Gasteiger partial charge in [-0.3, -0.25) is 0 Å². The summed E-state index contributed by atoms with van der Waals surface area (Å²) >= 11 is 0. The third kappa shape index (κ3) is 2.50. The minimum atomic E-state index is 0.954. The van der Waals surface area contributed by atoms with E-state index in [1.165, 1.54) is 38.5 Å². The van der Waals surface area contributed by atoms with Gasteiger partial charge in [0.25, 0.3) is 0 Å². The first-order valence-electron chi connectivity index (χ1n) is 5.77. The highest BCUT2D eigenvalue weighted by Gasteiger charge is 2.26. The maximum absolute atomic E-state index is 2.40. The summed E-state index contributed by atoms with van der Waals surface area (Å²) in [5, 5.41) is 0. The molecular formula is C12H24. The zero-order valence-electron chi connectivity index (χ0n) is 8.97. The zero-order chi connectivity index (χ0) is 8.97. The van der Waals surface area contributed by atoms with Crippen LogP contribution in [0, 0.1) is 17.8 Å². The summed E-state index contributed by atoms with van der Waals surface area (Å²) in [6.07, 6.45) is 8.81. The second kappa shape index (κ2) is 4.89. The molecule has 1 aliphatic carbocycles. The predicted molar refractivity (Wildman–Crippen MR) is 55.2 cm³/mol. The standard InChI is InChI=1S/C12H24/c1-4-10(3)9-11(5-2)12-7-6-8-12/h10-12H,4-9H2,1-3H3. The van der Waals surface area contributed by atoms with Crippen molar-refractivity contribution in [3.05, 3.63) is 0 Å². The molecule has 0 aliphatic heterocycles. The molecule has 1 fully saturated rings. The first kappa shape index (κ1) is 10.1. The lowest BCUT2D eigenvalue weighted by molar-refractivity contribution is 0.171. The van der Waals surface area contributed by atoms with Crippen LogP contribution >= 0.6 is 0 Å². The third-order valence-corrected chi connectivity index (χ3v) is 3.74. The molecule has 0 heterocycles. The Morgan fingerprint density at radius 3 is 2.17 bits per heavy atom. The van der Waals surface area contributed by atoms with E-state index in [1.54, 1.807) is 0 Å². The molecule has 0 aromatic rings. The van der Waals surface area contributed by atoms with Crippen molar-refractivity contribution in [3.8, 4) is 0 Å². The Bertz CT molecular complexity index is 113. The van der Waals surface area contributed by atoms with Crippen LogP contribution < -0.4 is 0 Å². The summed E-state index contributed by atoms with van der Waals surface area (Å²) in [4.78, 5) is 0. The second-order valence-electron chi connectivity index (χ2n) is 4.61. The van der Waals surface area contributed by atoms with Crippen LogP contribution in [0.5, 0.6) is 0 Å². The van der Waals surface area contributed by atoms with Gasteiger partial charge in [-0.2, -0.15) is 0 Å². The Labute approximate surface area is 77.7 Å². The van der Waals surface area contributed by atoms with Gasteiger partial charge in [-0.25, -0.2) is 0 Å². The van der Waals surface area contributed by atoms with E-state index in [4.69, 9.17) is 0 Å². The van der Waals surface area contributed by atoms with E-state index in [0.29, 0.717) is 0 Å². The summed E-state index contributed by atoms with van der Waals surface area (Å²) < 4.78 is 0. The van der Waals surface area contributed by atoms with Crippen LogP contribution in [0.15, 0.2) is 0 Å². The smallest absolute Gasteiger partial charge is 0.0386 e. The molecule has 72 valence electrons. The molecule has 0 radical (unpaired) electrons.